The molecule has 0 spiro atoms. The minimum atomic E-state index is -0.113. The Bertz CT molecular complexity index is 345. The lowest BCUT2D eigenvalue weighted by molar-refractivity contribution is -0.114. The minimum Gasteiger partial charge on any atom is -0.326 e. The third-order valence-corrected chi connectivity index (χ3v) is 1.72. The smallest absolute Gasteiger partial charge is 0.221 e. The van der Waals surface area contributed by atoms with Crippen LogP contribution in [0.2, 0.25) is 0 Å². The predicted molar refractivity (Wildman–Crippen MR) is 62.2 cm³/mol. The highest BCUT2D eigenvalue weighted by atomic mass is 16.1. The molecule has 1 rings (SSSR count). The van der Waals surface area contributed by atoms with E-state index in [1.165, 1.54) is 6.92 Å². The molecule has 0 aliphatic heterocycles. The molecule has 82 valence electrons. The van der Waals surface area contributed by atoms with E-state index in [-0.39, 0.29) is 5.91 Å². The molecule has 0 bridgehead atoms. The summed E-state index contributed by atoms with van der Waals surface area (Å²) in [5.74, 6) is -0.113. The summed E-state index contributed by atoms with van der Waals surface area (Å²) in [5, 5.41) is 2.64. The largest absolute Gasteiger partial charge is 0.326 e. The summed E-state index contributed by atoms with van der Waals surface area (Å²) in [6.45, 7) is 7.28. The van der Waals surface area contributed by atoms with Crippen molar-refractivity contribution >= 4 is 17.9 Å². The summed E-state index contributed by atoms with van der Waals surface area (Å²) < 4.78 is 0. The molecule has 0 atom stereocenters. The van der Waals surface area contributed by atoms with E-state index >= 15 is 0 Å². The topological polar surface area (TPSA) is 46.2 Å². The summed E-state index contributed by atoms with van der Waals surface area (Å²) in [4.78, 5) is 21.2. The van der Waals surface area contributed by atoms with E-state index in [1.54, 1.807) is 18.2 Å². The Morgan fingerprint density at radius 2 is 1.93 bits per heavy atom. The molecule has 1 aromatic rings. The van der Waals surface area contributed by atoms with E-state index in [0.29, 0.717) is 5.56 Å². The van der Waals surface area contributed by atoms with E-state index in [4.69, 9.17) is 0 Å². The normalized spacial score (nSPS) is 8.53. The van der Waals surface area contributed by atoms with Crippen molar-refractivity contribution < 1.29 is 9.59 Å². The van der Waals surface area contributed by atoms with Gasteiger partial charge < -0.3 is 5.32 Å². The van der Waals surface area contributed by atoms with Crippen molar-refractivity contribution in [2.24, 2.45) is 0 Å². The van der Waals surface area contributed by atoms with E-state index < -0.39 is 0 Å². The molecule has 0 fully saturated rings. The zero-order chi connectivity index (χ0) is 11.8. The molecule has 0 aliphatic carbocycles. The molecule has 1 amide bonds. The molecule has 1 aromatic carbocycles. The number of aldehydes is 1. The SMILES string of the molecule is CC.CC(=O)Nc1ccc(C=O)c(C)c1. The van der Waals surface area contributed by atoms with E-state index in [1.807, 2.05) is 20.8 Å². The Labute approximate surface area is 90.5 Å². The van der Waals surface area contributed by atoms with E-state index in [9.17, 15) is 9.59 Å². The van der Waals surface area contributed by atoms with Crippen LogP contribution in [0.25, 0.3) is 0 Å². The highest BCUT2D eigenvalue weighted by Crippen LogP contribution is 2.13. The van der Waals surface area contributed by atoms with Crippen molar-refractivity contribution in [2.75, 3.05) is 5.32 Å². The van der Waals surface area contributed by atoms with Gasteiger partial charge in [-0.25, -0.2) is 0 Å². The van der Waals surface area contributed by atoms with Crippen LogP contribution in [0.3, 0.4) is 0 Å². The molecule has 0 saturated heterocycles. The average Bonchev–Trinajstić information content (AvgIpc) is 2.20. The lowest BCUT2D eigenvalue weighted by Gasteiger charge is -2.04. The van der Waals surface area contributed by atoms with Gasteiger partial charge in [-0.1, -0.05) is 13.8 Å². The van der Waals surface area contributed by atoms with Crippen LogP contribution in [-0.2, 0) is 4.79 Å². The summed E-state index contributed by atoms with van der Waals surface area (Å²) in [6, 6.07) is 5.16. The van der Waals surface area contributed by atoms with Gasteiger partial charge in [0.1, 0.15) is 6.29 Å². The van der Waals surface area contributed by atoms with Gasteiger partial charge >= 0.3 is 0 Å². The summed E-state index contributed by atoms with van der Waals surface area (Å²) in [7, 11) is 0. The van der Waals surface area contributed by atoms with Gasteiger partial charge in [-0.3, -0.25) is 9.59 Å². The number of hydrogen-bond acceptors (Lipinski definition) is 2. The summed E-state index contributed by atoms with van der Waals surface area (Å²) in [6.07, 6.45) is 0.798. The number of aryl methyl sites for hydroxylation is 1. The first kappa shape index (κ1) is 13.4. The van der Waals surface area contributed by atoms with Gasteiger partial charge in [0.05, 0.1) is 0 Å². The van der Waals surface area contributed by atoms with Gasteiger partial charge in [0, 0.05) is 18.2 Å². The Hall–Kier alpha value is -1.64. The zero-order valence-corrected chi connectivity index (χ0v) is 9.63. The highest BCUT2D eigenvalue weighted by molar-refractivity contribution is 5.89. The summed E-state index contributed by atoms with van der Waals surface area (Å²) >= 11 is 0. The molecule has 15 heavy (non-hydrogen) atoms. The van der Waals surface area contributed by atoms with Crippen molar-refractivity contribution in [1.29, 1.82) is 0 Å². The Morgan fingerprint density at radius 1 is 1.33 bits per heavy atom. The number of benzene rings is 1. The van der Waals surface area contributed by atoms with E-state index in [2.05, 4.69) is 5.32 Å². The van der Waals surface area contributed by atoms with Crippen molar-refractivity contribution in [3.05, 3.63) is 29.3 Å². The fraction of sp³-hybridized carbons (Fsp3) is 0.333. The van der Waals surface area contributed by atoms with Gasteiger partial charge in [-0.2, -0.15) is 0 Å². The molecule has 0 heterocycles. The number of hydrogen-bond donors (Lipinski definition) is 1. The molecule has 3 nitrogen and oxygen atoms in total. The molecule has 0 unspecified atom stereocenters. The molecular formula is C12H17NO2. The standard InChI is InChI=1S/C10H11NO2.C2H6/c1-7-5-10(11-8(2)13)4-3-9(7)6-12;1-2/h3-6H,1-2H3,(H,11,13);1-2H3. The van der Waals surface area contributed by atoms with Crippen molar-refractivity contribution in [1.82, 2.24) is 0 Å². The quantitative estimate of drug-likeness (QED) is 0.758. The van der Waals surface area contributed by atoms with Gasteiger partial charge in [0.2, 0.25) is 5.91 Å². The molecule has 0 aromatic heterocycles. The monoisotopic (exact) mass is 207 g/mol. The number of carbonyl (C=O) groups is 2. The van der Waals surface area contributed by atoms with Crippen LogP contribution < -0.4 is 5.32 Å². The number of anilines is 1. The Morgan fingerprint density at radius 3 is 2.33 bits per heavy atom. The fourth-order valence-electron chi connectivity index (χ4n) is 1.09. The Kier molecular flexibility index (Phi) is 6.02. The molecular weight excluding hydrogens is 190 g/mol. The zero-order valence-electron chi connectivity index (χ0n) is 9.63. The number of nitrogens with one attached hydrogen (secondary N) is 1. The Balaban J connectivity index is 0.000000921. The first-order chi connectivity index (χ1) is 7.13. The van der Waals surface area contributed by atoms with Crippen LogP contribution in [0.1, 0.15) is 36.7 Å². The van der Waals surface area contributed by atoms with Crippen LogP contribution >= 0.6 is 0 Å². The molecule has 1 N–H and O–H groups in total. The second kappa shape index (κ2) is 6.76. The van der Waals surface area contributed by atoms with Crippen LogP contribution in [0.5, 0.6) is 0 Å². The molecule has 0 aliphatic rings. The van der Waals surface area contributed by atoms with Crippen molar-refractivity contribution in [3.63, 3.8) is 0 Å². The molecule has 3 heteroatoms. The average molecular weight is 207 g/mol. The number of carbonyl (C=O) groups excluding carboxylic acids is 2. The lowest BCUT2D eigenvalue weighted by atomic mass is 10.1. The van der Waals surface area contributed by atoms with Gasteiger partial charge in [0.15, 0.2) is 0 Å². The van der Waals surface area contributed by atoms with Crippen molar-refractivity contribution in [3.8, 4) is 0 Å². The third-order valence-electron chi connectivity index (χ3n) is 1.72. The lowest BCUT2D eigenvalue weighted by Crippen LogP contribution is -2.06. The maximum Gasteiger partial charge on any atom is 0.221 e. The second-order valence-electron chi connectivity index (χ2n) is 2.87. The van der Waals surface area contributed by atoms with Gasteiger partial charge in [0.25, 0.3) is 0 Å². The van der Waals surface area contributed by atoms with E-state index in [0.717, 1.165) is 17.5 Å². The summed E-state index contributed by atoms with van der Waals surface area (Å²) in [5.41, 5.74) is 2.23. The predicted octanol–water partition coefficient (Wildman–Crippen LogP) is 2.79. The minimum absolute atomic E-state index is 0.113. The third kappa shape index (κ3) is 4.40. The van der Waals surface area contributed by atoms with Crippen molar-refractivity contribution in [2.45, 2.75) is 27.7 Å². The first-order valence-electron chi connectivity index (χ1n) is 4.97. The maximum atomic E-state index is 10.7. The first-order valence-corrected chi connectivity index (χ1v) is 4.97. The number of rotatable bonds is 2. The van der Waals surface area contributed by atoms with Gasteiger partial charge in [-0.05, 0) is 30.7 Å². The number of amides is 1. The van der Waals surface area contributed by atoms with Crippen LogP contribution in [0.4, 0.5) is 5.69 Å². The van der Waals surface area contributed by atoms with Gasteiger partial charge in [-0.15, -0.1) is 0 Å². The molecule has 0 radical (unpaired) electrons. The second-order valence-corrected chi connectivity index (χ2v) is 2.87. The molecule has 0 saturated carbocycles. The highest BCUT2D eigenvalue weighted by Gasteiger charge is 1.99. The van der Waals surface area contributed by atoms with Crippen LogP contribution in [-0.4, -0.2) is 12.2 Å². The maximum absolute atomic E-state index is 10.7. The van der Waals surface area contributed by atoms with Crippen LogP contribution in [0.15, 0.2) is 18.2 Å². The fourth-order valence-corrected chi connectivity index (χ4v) is 1.09. The van der Waals surface area contributed by atoms with Crippen LogP contribution in [0, 0.1) is 6.92 Å².